The third-order valence-corrected chi connectivity index (χ3v) is 6.29. The van der Waals surface area contributed by atoms with E-state index in [1.807, 2.05) is 43.3 Å². The first-order valence-corrected chi connectivity index (χ1v) is 11.3. The predicted molar refractivity (Wildman–Crippen MR) is 121 cm³/mol. The van der Waals surface area contributed by atoms with Gasteiger partial charge in [-0.05, 0) is 82.1 Å². The highest BCUT2D eigenvalue weighted by Crippen LogP contribution is 2.32. The minimum atomic E-state index is -0.462. The lowest BCUT2D eigenvalue weighted by atomic mass is 10.0. The van der Waals surface area contributed by atoms with Crippen molar-refractivity contribution in [3.05, 3.63) is 59.7 Å². The normalized spacial score (nSPS) is 20.2. The van der Waals surface area contributed by atoms with Gasteiger partial charge in [0.15, 0.2) is 0 Å². The summed E-state index contributed by atoms with van der Waals surface area (Å²) in [5.41, 5.74) is 3.20. The van der Waals surface area contributed by atoms with Crippen molar-refractivity contribution in [3.8, 4) is 5.75 Å². The van der Waals surface area contributed by atoms with Crippen LogP contribution in [0.4, 0.5) is 10.5 Å². The Balaban J connectivity index is 1.29. The summed E-state index contributed by atoms with van der Waals surface area (Å²) in [6.45, 7) is 8.03. The molecule has 0 saturated carbocycles. The average molecular weight is 408 g/mol. The van der Waals surface area contributed by atoms with Crippen LogP contribution < -0.4 is 10.1 Å². The summed E-state index contributed by atoms with van der Waals surface area (Å²) in [5, 5.41) is 2.77. The topological polar surface area (TPSA) is 44.8 Å². The molecule has 2 aromatic carbocycles. The van der Waals surface area contributed by atoms with Crippen molar-refractivity contribution in [3.63, 3.8) is 0 Å². The first-order valence-electron chi connectivity index (χ1n) is 11.3. The number of hydrogen-bond donors (Lipinski definition) is 1. The van der Waals surface area contributed by atoms with Gasteiger partial charge in [-0.2, -0.15) is 0 Å². The van der Waals surface area contributed by atoms with E-state index in [0.29, 0.717) is 11.8 Å². The Morgan fingerprint density at radius 1 is 0.933 bits per heavy atom. The Morgan fingerprint density at radius 2 is 1.67 bits per heavy atom. The largest absolute Gasteiger partial charge is 0.417 e. The Bertz CT molecular complexity index is 813. The number of benzene rings is 2. The van der Waals surface area contributed by atoms with Gasteiger partial charge in [0, 0.05) is 24.8 Å². The van der Waals surface area contributed by atoms with Gasteiger partial charge in [-0.3, -0.25) is 10.2 Å². The molecular weight excluding hydrogens is 374 g/mol. The van der Waals surface area contributed by atoms with Crippen LogP contribution in [0.25, 0.3) is 0 Å². The van der Waals surface area contributed by atoms with Crippen molar-refractivity contribution in [2.45, 2.75) is 45.1 Å². The number of hydrogen-bond acceptors (Lipinski definition) is 4. The molecule has 2 aromatic rings. The maximum absolute atomic E-state index is 12.1. The molecule has 0 radical (unpaired) electrons. The lowest BCUT2D eigenvalue weighted by molar-refractivity contribution is 0.174. The van der Waals surface area contributed by atoms with E-state index in [0.717, 1.165) is 17.8 Å². The number of nitrogens with zero attached hydrogens (tertiary/aromatic N) is 2. The van der Waals surface area contributed by atoms with E-state index in [1.54, 1.807) is 0 Å². The van der Waals surface area contributed by atoms with Gasteiger partial charge in [-0.1, -0.05) is 36.2 Å². The second-order valence-electron chi connectivity index (χ2n) is 8.55. The van der Waals surface area contributed by atoms with Crippen LogP contribution in [0, 0.1) is 6.92 Å². The van der Waals surface area contributed by atoms with Gasteiger partial charge >= 0.3 is 6.09 Å². The molecule has 160 valence electrons. The van der Waals surface area contributed by atoms with Gasteiger partial charge in [0.2, 0.25) is 0 Å². The van der Waals surface area contributed by atoms with Crippen molar-refractivity contribution < 1.29 is 9.53 Å². The summed E-state index contributed by atoms with van der Waals surface area (Å²) >= 11 is 0. The van der Waals surface area contributed by atoms with E-state index >= 15 is 0 Å². The molecule has 1 unspecified atom stereocenters. The smallest absolute Gasteiger partial charge is 0.410 e. The standard InChI is InChI=1S/C25H33N3O2/c1-20-7-11-22(12-8-20)26-25(29)30-23-13-9-21(10-14-23)24-6-5-17-28(24)19-18-27-15-3-2-4-16-27/h7-14,24H,2-6,15-19H2,1H3,(H,26,29). The zero-order valence-electron chi connectivity index (χ0n) is 18.0. The van der Waals surface area contributed by atoms with Crippen LogP contribution in [0.5, 0.6) is 5.75 Å². The second kappa shape index (κ2) is 10.1. The van der Waals surface area contributed by atoms with E-state index in [1.165, 1.54) is 63.8 Å². The molecule has 2 saturated heterocycles. The number of carbonyl (C=O) groups excluding carboxylic acids is 1. The molecule has 0 bridgehead atoms. The molecule has 0 aliphatic carbocycles. The first kappa shape index (κ1) is 20.9. The highest BCUT2D eigenvalue weighted by molar-refractivity contribution is 5.86. The maximum atomic E-state index is 12.1. The summed E-state index contributed by atoms with van der Waals surface area (Å²) in [6.07, 6.45) is 6.08. The number of amides is 1. The van der Waals surface area contributed by atoms with Crippen molar-refractivity contribution in [2.75, 3.05) is 38.0 Å². The van der Waals surface area contributed by atoms with E-state index < -0.39 is 6.09 Å². The molecule has 4 rings (SSSR count). The molecule has 5 nitrogen and oxygen atoms in total. The summed E-state index contributed by atoms with van der Waals surface area (Å²) in [7, 11) is 0. The third-order valence-electron chi connectivity index (χ3n) is 6.29. The first-order chi connectivity index (χ1) is 14.7. The number of aryl methyl sites for hydroxylation is 1. The Morgan fingerprint density at radius 3 is 2.40 bits per heavy atom. The summed E-state index contributed by atoms with van der Waals surface area (Å²) < 4.78 is 5.45. The molecule has 0 aromatic heterocycles. The maximum Gasteiger partial charge on any atom is 0.417 e. The van der Waals surface area contributed by atoms with Crippen molar-refractivity contribution in [1.82, 2.24) is 9.80 Å². The molecule has 1 amide bonds. The number of ether oxygens (including phenoxy) is 1. The van der Waals surface area contributed by atoms with E-state index in [9.17, 15) is 4.79 Å². The summed E-state index contributed by atoms with van der Waals surface area (Å²) in [4.78, 5) is 17.4. The number of likely N-dealkylation sites (tertiary alicyclic amines) is 2. The van der Waals surface area contributed by atoms with E-state index in [-0.39, 0.29) is 0 Å². The second-order valence-corrected chi connectivity index (χ2v) is 8.55. The van der Waals surface area contributed by atoms with Crippen LogP contribution >= 0.6 is 0 Å². The molecule has 2 aliphatic rings. The SMILES string of the molecule is Cc1ccc(NC(=O)Oc2ccc(C3CCCN3CCN3CCCCC3)cc2)cc1. The highest BCUT2D eigenvalue weighted by atomic mass is 16.6. The zero-order valence-corrected chi connectivity index (χ0v) is 18.0. The molecule has 2 heterocycles. The third kappa shape index (κ3) is 5.61. The van der Waals surface area contributed by atoms with E-state index in [2.05, 4.69) is 27.2 Å². The summed E-state index contributed by atoms with van der Waals surface area (Å²) in [6, 6.07) is 16.2. The fourth-order valence-electron chi connectivity index (χ4n) is 4.57. The van der Waals surface area contributed by atoms with Crippen LogP contribution in [-0.2, 0) is 0 Å². The number of piperidine rings is 1. The molecule has 2 fully saturated rings. The zero-order chi connectivity index (χ0) is 20.8. The number of nitrogens with one attached hydrogen (secondary N) is 1. The van der Waals surface area contributed by atoms with E-state index in [4.69, 9.17) is 4.74 Å². The van der Waals surface area contributed by atoms with Crippen LogP contribution in [0.2, 0.25) is 0 Å². The molecule has 5 heteroatoms. The predicted octanol–water partition coefficient (Wildman–Crippen LogP) is 5.23. The van der Waals surface area contributed by atoms with Gasteiger partial charge in [-0.15, -0.1) is 0 Å². The van der Waals surface area contributed by atoms with Crippen LogP contribution in [0.1, 0.15) is 49.3 Å². The van der Waals surface area contributed by atoms with Crippen LogP contribution in [0.15, 0.2) is 48.5 Å². The van der Waals surface area contributed by atoms with Crippen LogP contribution in [-0.4, -0.2) is 48.6 Å². The Kier molecular flexibility index (Phi) is 7.03. The number of carbonyl (C=O) groups is 1. The number of anilines is 1. The molecule has 0 spiro atoms. The monoisotopic (exact) mass is 407 g/mol. The lowest BCUT2D eigenvalue weighted by Crippen LogP contribution is -2.37. The highest BCUT2D eigenvalue weighted by Gasteiger charge is 2.26. The fraction of sp³-hybridized carbons (Fsp3) is 0.480. The Labute approximate surface area is 180 Å². The minimum Gasteiger partial charge on any atom is -0.410 e. The van der Waals surface area contributed by atoms with Gasteiger partial charge < -0.3 is 9.64 Å². The minimum absolute atomic E-state index is 0.462. The Hall–Kier alpha value is -2.37. The molecule has 2 aliphatic heterocycles. The summed E-state index contributed by atoms with van der Waals surface area (Å²) in [5.74, 6) is 0.571. The van der Waals surface area contributed by atoms with Crippen molar-refractivity contribution >= 4 is 11.8 Å². The molecular formula is C25H33N3O2. The fourth-order valence-corrected chi connectivity index (χ4v) is 4.57. The molecule has 1 N–H and O–H groups in total. The van der Waals surface area contributed by atoms with Crippen molar-refractivity contribution in [1.29, 1.82) is 0 Å². The van der Waals surface area contributed by atoms with Gasteiger partial charge in [-0.25, -0.2) is 4.79 Å². The van der Waals surface area contributed by atoms with Crippen molar-refractivity contribution in [2.24, 2.45) is 0 Å². The van der Waals surface area contributed by atoms with Crippen LogP contribution in [0.3, 0.4) is 0 Å². The van der Waals surface area contributed by atoms with Gasteiger partial charge in [0.25, 0.3) is 0 Å². The molecule has 30 heavy (non-hydrogen) atoms. The lowest BCUT2D eigenvalue weighted by Gasteiger charge is -2.31. The van der Waals surface area contributed by atoms with Gasteiger partial charge in [0.05, 0.1) is 0 Å². The molecule has 1 atom stereocenters. The quantitative estimate of drug-likeness (QED) is 0.712. The number of rotatable bonds is 6. The van der Waals surface area contributed by atoms with Gasteiger partial charge in [0.1, 0.15) is 5.75 Å². The average Bonchev–Trinajstić information content (AvgIpc) is 3.24.